The molecule has 0 radical (unpaired) electrons. The maximum Gasteiger partial charge on any atom is 0.162 e. The Hall–Kier alpha value is -2.34. The van der Waals surface area contributed by atoms with Crippen LogP contribution in [0.2, 0.25) is 0 Å². The summed E-state index contributed by atoms with van der Waals surface area (Å²) in [5.41, 5.74) is 1.81. The molecule has 3 aromatic rings. The van der Waals surface area contributed by atoms with Crippen LogP contribution in [0.5, 0.6) is 5.75 Å². The number of phenols is 1. The SMILES string of the molecule is Oc1cccc(-c2nc(N3CCOCC3)c3sc(CN4CCN(N5CCOCC5)CC4)cc3n2)c1. The van der Waals surface area contributed by atoms with Gasteiger partial charge in [0.25, 0.3) is 0 Å². The average molecular weight is 497 g/mol. The monoisotopic (exact) mass is 496 g/mol. The van der Waals surface area contributed by atoms with Gasteiger partial charge in [-0.05, 0) is 18.2 Å². The van der Waals surface area contributed by atoms with Gasteiger partial charge in [0, 0.05) is 69.3 Å². The van der Waals surface area contributed by atoms with Gasteiger partial charge in [-0.25, -0.2) is 20.0 Å². The number of nitrogens with zero attached hydrogens (tertiary/aromatic N) is 6. The standard InChI is InChI=1S/C25H32N6O3S/c32-20-3-1-2-19(16-20)24-26-22-17-21(35-23(22)25(27-24)29-8-12-33-13-9-29)18-28-4-6-30(7-5-28)31-10-14-34-15-11-31/h1-3,16-17,32H,4-15,18H2. The molecule has 3 fully saturated rings. The molecule has 3 saturated heterocycles. The lowest BCUT2D eigenvalue weighted by Crippen LogP contribution is -2.56. The van der Waals surface area contributed by atoms with Crippen LogP contribution in [0.4, 0.5) is 5.82 Å². The number of hydrogen-bond donors (Lipinski definition) is 1. The fourth-order valence-electron chi connectivity index (χ4n) is 5.04. The molecule has 0 saturated carbocycles. The van der Waals surface area contributed by atoms with Gasteiger partial charge in [-0.3, -0.25) is 4.90 Å². The number of anilines is 1. The molecule has 0 aliphatic carbocycles. The van der Waals surface area contributed by atoms with E-state index in [2.05, 4.69) is 25.9 Å². The lowest BCUT2D eigenvalue weighted by molar-refractivity contribution is -0.108. The Morgan fingerprint density at radius 3 is 2.29 bits per heavy atom. The second-order valence-corrected chi connectivity index (χ2v) is 10.4. The van der Waals surface area contributed by atoms with Crippen molar-refractivity contribution in [2.24, 2.45) is 0 Å². The summed E-state index contributed by atoms with van der Waals surface area (Å²) in [5, 5.41) is 14.9. The Morgan fingerprint density at radius 1 is 0.829 bits per heavy atom. The average Bonchev–Trinajstić information content (AvgIpc) is 3.32. The third-order valence-electron chi connectivity index (χ3n) is 6.94. The van der Waals surface area contributed by atoms with Crippen LogP contribution in [0.3, 0.4) is 0 Å². The highest BCUT2D eigenvalue weighted by Gasteiger charge is 2.25. The predicted molar refractivity (Wildman–Crippen MR) is 137 cm³/mol. The van der Waals surface area contributed by atoms with Gasteiger partial charge in [0.05, 0.1) is 36.6 Å². The van der Waals surface area contributed by atoms with Crippen molar-refractivity contribution < 1.29 is 14.6 Å². The summed E-state index contributed by atoms with van der Waals surface area (Å²) in [6.07, 6.45) is 0. The van der Waals surface area contributed by atoms with Gasteiger partial charge >= 0.3 is 0 Å². The molecule has 0 unspecified atom stereocenters. The summed E-state index contributed by atoms with van der Waals surface area (Å²) in [5.74, 6) is 1.85. The largest absolute Gasteiger partial charge is 0.508 e. The maximum atomic E-state index is 10.00. The number of hydrazine groups is 1. The number of thiophene rings is 1. The fraction of sp³-hybridized carbons (Fsp3) is 0.520. The van der Waals surface area contributed by atoms with Crippen molar-refractivity contribution >= 4 is 27.4 Å². The Bertz CT molecular complexity index is 1150. The maximum absolute atomic E-state index is 10.00. The quantitative estimate of drug-likeness (QED) is 0.572. The Morgan fingerprint density at radius 2 is 1.54 bits per heavy atom. The number of aromatic hydroxyl groups is 1. The number of phenolic OH excluding ortho intramolecular Hbond substituents is 1. The molecule has 186 valence electrons. The topological polar surface area (TPSA) is 77.4 Å². The molecule has 0 amide bonds. The van der Waals surface area contributed by atoms with Crippen molar-refractivity contribution in [3.8, 4) is 17.1 Å². The van der Waals surface area contributed by atoms with Gasteiger partial charge in [-0.2, -0.15) is 0 Å². The molecule has 6 rings (SSSR count). The van der Waals surface area contributed by atoms with Crippen LogP contribution in [-0.2, 0) is 16.0 Å². The highest BCUT2D eigenvalue weighted by molar-refractivity contribution is 7.19. The minimum Gasteiger partial charge on any atom is -0.508 e. The number of hydrogen-bond acceptors (Lipinski definition) is 10. The van der Waals surface area contributed by atoms with Gasteiger partial charge in [0.1, 0.15) is 5.75 Å². The first-order chi connectivity index (χ1) is 17.2. The number of fused-ring (bicyclic) bond motifs is 1. The summed E-state index contributed by atoms with van der Waals surface area (Å²) < 4.78 is 12.2. The molecule has 3 aliphatic rings. The lowest BCUT2D eigenvalue weighted by Gasteiger charge is -2.42. The molecule has 3 aliphatic heterocycles. The van der Waals surface area contributed by atoms with Crippen LogP contribution in [-0.4, -0.2) is 109 Å². The van der Waals surface area contributed by atoms with Crippen LogP contribution < -0.4 is 4.90 Å². The molecule has 9 nitrogen and oxygen atoms in total. The summed E-state index contributed by atoms with van der Waals surface area (Å²) in [6, 6.07) is 9.41. The number of piperazine rings is 1. The first kappa shape index (κ1) is 23.1. The third kappa shape index (κ3) is 5.13. The molecular formula is C25H32N6O3S. The van der Waals surface area contributed by atoms with E-state index in [1.807, 2.05) is 23.5 Å². The second-order valence-electron chi connectivity index (χ2n) is 9.24. The van der Waals surface area contributed by atoms with Crippen LogP contribution in [0.15, 0.2) is 30.3 Å². The third-order valence-corrected chi connectivity index (χ3v) is 8.04. The van der Waals surface area contributed by atoms with Crippen LogP contribution >= 0.6 is 11.3 Å². The zero-order chi connectivity index (χ0) is 23.6. The first-order valence-corrected chi connectivity index (χ1v) is 13.3. The number of aromatic nitrogens is 2. The summed E-state index contributed by atoms with van der Waals surface area (Å²) in [4.78, 5) is 16.1. The predicted octanol–water partition coefficient (Wildman–Crippen LogP) is 2.27. The highest BCUT2D eigenvalue weighted by Crippen LogP contribution is 2.35. The number of benzene rings is 1. The first-order valence-electron chi connectivity index (χ1n) is 12.5. The number of morpholine rings is 2. The van der Waals surface area contributed by atoms with Gasteiger partial charge in [-0.15, -0.1) is 11.3 Å². The highest BCUT2D eigenvalue weighted by atomic mass is 32.1. The molecule has 1 aromatic carbocycles. The molecule has 0 bridgehead atoms. The minimum absolute atomic E-state index is 0.223. The lowest BCUT2D eigenvalue weighted by atomic mass is 10.2. The van der Waals surface area contributed by atoms with E-state index in [1.165, 1.54) is 4.88 Å². The van der Waals surface area contributed by atoms with Crippen molar-refractivity contribution in [3.05, 3.63) is 35.2 Å². The van der Waals surface area contributed by atoms with Crippen molar-refractivity contribution in [1.29, 1.82) is 0 Å². The van der Waals surface area contributed by atoms with E-state index in [-0.39, 0.29) is 5.75 Å². The van der Waals surface area contributed by atoms with Crippen molar-refractivity contribution in [1.82, 2.24) is 24.9 Å². The van der Waals surface area contributed by atoms with E-state index < -0.39 is 0 Å². The Labute approximate surface area is 209 Å². The van der Waals surface area contributed by atoms with E-state index in [4.69, 9.17) is 19.4 Å². The van der Waals surface area contributed by atoms with E-state index in [0.29, 0.717) is 19.0 Å². The van der Waals surface area contributed by atoms with Gasteiger partial charge in [-0.1, -0.05) is 12.1 Å². The summed E-state index contributed by atoms with van der Waals surface area (Å²) >= 11 is 1.81. The summed E-state index contributed by atoms with van der Waals surface area (Å²) in [7, 11) is 0. The molecule has 0 atom stereocenters. The molecule has 2 aromatic heterocycles. The smallest absolute Gasteiger partial charge is 0.162 e. The number of rotatable bonds is 5. The Kier molecular flexibility index (Phi) is 6.82. The Balaban J connectivity index is 1.24. The van der Waals surface area contributed by atoms with Crippen LogP contribution in [0.25, 0.3) is 21.6 Å². The molecule has 0 spiro atoms. The van der Waals surface area contributed by atoms with Crippen LogP contribution in [0.1, 0.15) is 4.88 Å². The van der Waals surface area contributed by atoms with E-state index in [1.54, 1.807) is 12.1 Å². The van der Waals surface area contributed by atoms with Gasteiger partial charge < -0.3 is 19.5 Å². The molecule has 35 heavy (non-hydrogen) atoms. The van der Waals surface area contributed by atoms with Gasteiger partial charge in [0.15, 0.2) is 11.6 Å². The van der Waals surface area contributed by atoms with Crippen LogP contribution in [0, 0.1) is 0 Å². The summed E-state index contributed by atoms with van der Waals surface area (Å²) in [6.45, 7) is 11.9. The fourth-order valence-corrected chi connectivity index (χ4v) is 6.20. The normalized spacial score (nSPS) is 21.1. The minimum atomic E-state index is 0.223. The van der Waals surface area contributed by atoms with Crippen molar-refractivity contribution in [3.63, 3.8) is 0 Å². The van der Waals surface area contributed by atoms with Crippen molar-refractivity contribution in [2.75, 3.05) is 83.7 Å². The zero-order valence-corrected chi connectivity index (χ0v) is 20.8. The second kappa shape index (κ2) is 10.3. The molecular weight excluding hydrogens is 464 g/mol. The van der Waals surface area contributed by atoms with E-state index in [0.717, 1.165) is 93.7 Å². The number of ether oxygens (including phenoxy) is 2. The molecule has 1 N–H and O–H groups in total. The van der Waals surface area contributed by atoms with Crippen molar-refractivity contribution in [2.45, 2.75) is 6.54 Å². The van der Waals surface area contributed by atoms with E-state index >= 15 is 0 Å². The van der Waals surface area contributed by atoms with Gasteiger partial charge in [0.2, 0.25) is 0 Å². The molecule has 10 heteroatoms. The van der Waals surface area contributed by atoms with E-state index in [9.17, 15) is 5.11 Å². The molecule has 5 heterocycles. The zero-order valence-electron chi connectivity index (χ0n) is 19.9.